The normalized spacial score (nSPS) is 17.5. The Balaban J connectivity index is 1.46. The van der Waals surface area contributed by atoms with Crippen LogP contribution in [0.2, 0.25) is 0 Å². The number of hydrogen-bond acceptors (Lipinski definition) is 6. The van der Waals surface area contributed by atoms with Crippen molar-refractivity contribution < 1.29 is 4.74 Å². The van der Waals surface area contributed by atoms with Crippen LogP contribution in [0, 0.1) is 0 Å². The van der Waals surface area contributed by atoms with Crippen LogP contribution in [0.15, 0.2) is 30.6 Å². The maximum atomic E-state index is 6.13. The fourth-order valence-corrected chi connectivity index (χ4v) is 7.41. The molecule has 1 fully saturated rings. The predicted octanol–water partition coefficient (Wildman–Crippen LogP) is 5.45. The van der Waals surface area contributed by atoms with E-state index in [1.165, 1.54) is 40.4 Å². The molecule has 2 aliphatic rings. The summed E-state index contributed by atoms with van der Waals surface area (Å²) in [4.78, 5) is 11.4. The summed E-state index contributed by atoms with van der Waals surface area (Å²) in [6.45, 7) is 0. The first-order chi connectivity index (χ1) is 11.9. The Morgan fingerprint density at radius 1 is 1.00 bits per heavy atom. The Morgan fingerprint density at radius 2 is 1.83 bits per heavy atom. The zero-order valence-corrected chi connectivity index (χ0v) is 15.5. The molecule has 1 aliphatic heterocycles. The molecule has 0 saturated carbocycles. The summed E-state index contributed by atoms with van der Waals surface area (Å²) >= 11 is 5.84. The van der Waals surface area contributed by atoms with Gasteiger partial charge in [-0.2, -0.15) is 0 Å². The largest absolute Gasteiger partial charge is 0.438 e. The SMILES string of the molecule is c1nc(Oc2ccc(C3SCCS3)cc2)c2c3c(sc2n1)CCC3. The summed E-state index contributed by atoms with van der Waals surface area (Å²) in [7, 11) is 0. The zero-order chi connectivity index (χ0) is 15.9. The number of nitrogens with zero attached hydrogens (tertiary/aromatic N) is 2. The Labute approximate surface area is 153 Å². The minimum atomic E-state index is 0.574. The minimum Gasteiger partial charge on any atom is -0.438 e. The molecule has 0 radical (unpaired) electrons. The number of thioether (sulfide) groups is 2. The first-order valence-electron chi connectivity index (χ1n) is 8.15. The second-order valence-corrected chi connectivity index (χ2v) is 9.77. The van der Waals surface area contributed by atoms with E-state index in [9.17, 15) is 0 Å². The van der Waals surface area contributed by atoms with Crippen molar-refractivity contribution in [2.24, 2.45) is 0 Å². The fourth-order valence-electron chi connectivity index (χ4n) is 3.33. The molecule has 0 N–H and O–H groups in total. The van der Waals surface area contributed by atoms with Crippen LogP contribution < -0.4 is 4.74 Å². The molecule has 122 valence electrons. The van der Waals surface area contributed by atoms with Crippen molar-refractivity contribution in [3.8, 4) is 11.6 Å². The molecule has 3 heterocycles. The van der Waals surface area contributed by atoms with Crippen LogP contribution in [0.3, 0.4) is 0 Å². The second kappa shape index (κ2) is 6.24. The zero-order valence-electron chi connectivity index (χ0n) is 13.0. The monoisotopic (exact) mass is 372 g/mol. The van der Waals surface area contributed by atoms with E-state index < -0.39 is 0 Å². The Kier molecular flexibility index (Phi) is 3.91. The second-order valence-electron chi connectivity index (χ2n) is 5.96. The van der Waals surface area contributed by atoms with Gasteiger partial charge in [0.1, 0.15) is 16.9 Å². The maximum absolute atomic E-state index is 6.13. The Bertz CT molecular complexity index is 885. The summed E-state index contributed by atoms with van der Waals surface area (Å²) in [5, 5.41) is 1.13. The van der Waals surface area contributed by atoms with Crippen LogP contribution in [-0.4, -0.2) is 21.5 Å². The molecular weight excluding hydrogens is 356 g/mol. The standard InChI is InChI=1S/C18H16N2OS3/c1-2-13-14(3-1)24-17-15(13)16(19-10-20-17)21-12-6-4-11(5-7-12)18-22-8-9-23-18/h4-7,10,18H,1-3,8-9H2. The molecule has 1 aliphatic carbocycles. The third kappa shape index (κ3) is 2.61. The van der Waals surface area contributed by atoms with Gasteiger partial charge in [0.25, 0.3) is 0 Å². The molecule has 3 aromatic rings. The van der Waals surface area contributed by atoms with Gasteiger partial charge in [-0.15, -0.1) is 34.9 Å². The molecule has 5 rings (SSSR count). The molecule has 3 nitrogen and oxygen atoms in total. The van der Waals surface area contributed by atoms with Crippen molar-refractivity contribution >= 4 is 45.1 Å². The van der Waals surface area contributed by atoms with Crippen molar-refractivity contribution in [1.29, 1.82) is 0 Å². The molecular formula is C18H16N2OS3. The quantitative estimate of drug-likeness (QED) is 0.611. The number of fused-ring (bicyclic) bond motifs is 3. The maximum Gasteiger partial charge on any atom is 0.231 e. The number of rotatable bonds is 3. The highest BCUT2D eigenvalue weighted by Crippen LogP contribution is 2.46. The van der Waals surface area contributed by atoms with Crippen molar-refractivity contribution in [2.45, 2.75) is 23.8 Å². The number of ether oxygens (including phenoxy) is 1. The van der Waals surface area contributed by atoms with E-state index in [4.69, 9.17) is 4.74 Å². The molecule has 0 bridgehead atoms. The Morgan fingerprint density at radius 3 is 2.67 bits per heavy atom. The molecule has 6 heteroatoms. The van der Waals surface area contributed by atoms with Crippen molar-refractivity contribution in [3.05, 3.63) is 46.6 Å². The van der Waals surface area contributed by atoms with E-state index in [2.05, 4.69) is 34.2 Å². The van der Waals surface area contributed by atoms with Gasteiger partial charge in [-0.1, -0.05) is 12.1 Å². The van der Waals surface area contributed by atoms with Crippen molar-refractivity contribution in [1.82, 2.24) is 9.97 Å². The number of hydrogen-bond donors (Lipinski definition) is 0. The highest BCUT2D eigenvalue weighted by molar-refractivity contribution is 8.19. The molecule has 0 atom stereocenters. The van der Waals surface area contributed by atoms with Gasteiger partial charge in [0, 0.05) is 16.4 Å². The molecule has 24 heavy (non-hydrogen) atoms. The van der Waals surface area contributed by atoms with Gasteiger partial charge >= 0.3 is 0 Å². The van der Waals surface area contributed by atoms with E-state index in [0.29, 0.717) is 10.5 Å². The van der Waals surface area contributed by atoms with Gasteiger partial charge in [0.05, 0.1) is 9.97 Å². The van der Waals surface area contributed by atoms with E-state index >= 15 is 0 Å². The van der Waals surface area contributed by atoms with Crippen molar-refractivity contribution in [3.63, 3.8) is 0 Å². The third-order valence-electron chi connectivity index (χ3n) is 4.46. The van der Waals surface area contributed by atoms with Crippen LogP contribution in [0.5, 0.6) is 11.6 Å². The molecule has 0 unspecified atom stereocenters. The summed E-state index contributed by atoms with van der Waals surface area (Å²) in [5.74, 6) is 4.05. The number of aromatic nitrogens is 2. The summed E-state index contributed by atoms with van der Waals surface area (Å²) < 4.78 is 6.71. The van der Waals surface area contributed by atoms with Gasteiger partial charge < -0.3 is 4.74 Å². The van der Waals surface area contributed by atoms with E-state index in [1.807, 2.05) is 23.5 Å². The molecule has 1 saturated heterocycles. The lowest BCUT2D eigenvalue weighted by molar-refractivity contribution is 0.468. The van der Waals surface area contributed by atoms with Gasteiger partial charge in [0.2, 0.25) is 5.88 Å². The Hall–Kier alpha value is -1.24. The predicted molar refractivity (Wildman–Crippen MR) is 104 cm³/mol. The fraction of sp³-hybridized carbons (Fsp3) is 0.333. The van der Waals surface area contributed by atoms with Crippen LogP contribution in [0.4, 0.5) is 0 Å². The first-order valence-corrected chi connectivity index (χ1v) is 11.1. The van der Waals surface area contributed by atoms with Crippen LogP contribution >= 0.6 is 34.9 Å². The lowest BCUT2D eigenvalue weighted by Crippen LogP contribution is -1.92. The van der Waals surface area contributed by atoms with E-state index in [-0.39, 0.29) is 0 Å². The smallest absolute Gasteiger partial charge is 0.231 e. The average Bonchev–Trinajstić information content (AvgIpc) is 3.32. The van der Waals surface area contributed by atoms with Crippen LogP contribution in [0.1, 0.15) is 27.0 Å². The van der Waals surface area contributed by atoms with E-state index in [0.717, 1.165) is 22.4 Å². The van der Waals surface area contributed by atoms with Crippen LogP contribution in [-0.2, 0) is 12.8 Å². The average molecular weight is 373 g/mol. The number of aryl methyl sites for hydroxylation is 2. The minimum absolute atomic E-state index is 0.574. The number of thiophene rings is 1. The number of benzene rings is 1. The third-order valence-corrected chi connectivity index (χ3v) is 8.76. The highest BCUT2D eigenvalue weighted by Gasteiger charge is 2.22. The topological polar surface area (TPSA) is 35.0 Å². The summed E-state index contributed by atoms with van der Waals surface area (Å²) in [6.07, 6.45) is 5.13. The van der Waals surface area contributed by atoms with Crippen molar-refractivity contribution in [2.75, 3.05) is 11.5 Å². The summed E-state index contributed by atoms with van der Waals surface area (Å²) in [5.41, 5.74) is 2.78. The van der Waals surface area contributed by atoms with Crippen LogP contribution in [0.25, 0.3) is 10.2 Å². The van der Waals surface area contributed by atoms with Gasteiger partial charge in [-0.3, -0.25) is 0 Å². The lowest BCUT2D eigenvalue weighted by atomic mass is 10.2. The molecule has 2 aromatic heterocycles. The van der Waals surface area contributed by atoms with Gasteiger partial charge in [-0.05, 0) is 42.5 Å². The molecule has 1 aromatic carbocycles. The molecule has 0 amide bonds. The first kappa shape index (κ1) is 15.0. The lowest BCUT2D eigenvalue weighted by Gasteiger charge is -2.10. The van der Waals surface area contributed by atoms with Gasteiger partial charge in [-0.25, -0.2) is 9.97 Å². The molecule has 0 spiro atoms. The van der Waals surface area contributed by atoms with Gasteiger partial charge in [0.15, 0.2) is 0 Å². The summed E-state index contributed by atoms with van der Waals surface area (Å²) in [6, 6.07) is 8.49. The van der Waals surface area contributed by atoms with E-state index in [1.54, 1.807) is 17.7 Å². The highest BCUT2D eigenvalue weighted by atomic mass is 32.2.